The molecule has 0 rings (SSSR count). The van der Waals surface area contributed by atoms with E-state index in [1.54, 1.807) is 6.08 Å². The van der Waals surface area contributed by atoms with Crippen molar-refractivity contribution in [2.45, 2.75) is 122 Å². The fraction of sp³-hybridized carbons (Fsp3) is 0.606. The number of hydrogen-bond acceptors (Lipinski definition) is 4. The standard InChI is InChI=1S/C33H55NO5S/c1-3-5-7-9-11-13-15-16-17-18-19-21-23-25-27-29-33(36)34-31(30-40(37,38)39)32(35)28-26-24-22-20-14-12-10-8-6-4-2/h5,7,11,13-14,16-17,19-21,26,28,31-32,35H,3-4,6,8-10,12,15,18,22-25,27,29-30H2,1-2H3,(H,34,36)(H,37,38,39)/b7-5-,13-11-,17-16-,20-14+,21-19-,28-26+. The molecule has 1 amide bonds. The summed E-state index contributed by atoms with van der Waals surface area (Å²) in [5, 5.41) is 13.0. The van der Waals surface area contributed by atoms with Crippen molar-refractivity contribution in [2.24, 2.45) is 0 Å². The minimum absolute atomic E-state index is 0.231. The molecule has 0 heterocycles. The van der Waals surface area contributed by atoms with Crippen LogP contribution in [-0.4, -0.2) is 41.9 Å². The number of carbonyl (C=O) groups is 1. The Morgan fingerprint density at radius 2 is 1.23 bits per heavy atom. The second-order valence-electron chi connectivity index (χ2n) is 9.99. The maximum absolute atomic E-state index is 12.4. The van der Waals surface area contributed by atoms with Gasteiger partial charge in [0.05, 0.1) is 17.9 Å². The van der Waals surface area contributed by atoms with Gasteiger partial charge in [-0.3, -0.25) is 9.35 Å². The van der Waals surface area contributed by atoms with Gasteiger partial charge in [0.1, 0.15) is 0 Å². The normalized spacial score (nSPS) is 14.6. The van der Waals surface area contributed by atoms with Gasteiger partial charge in [-0.2, -0.15) is 8.42 Å². The molecule has 40 heavy (non-hydrogen) atoms. The summed E-state index contributed by atoms with van der Waals surface area (Å²) in [6, 6.07) is -1.10. The van der Waals surface area contributed by atoms with Crippen LogP contribution in [0.3, 0.4) is 0 Å². The fourth-order valence-electron chi connectivity index (χ4n) is 3.86. The SMILES string of the molecule is CC/C=C\C/C=C\C/C=C\C/C=C\CCCCC(=O)NC(CS(=O)(=O)O)C(O)/C=C/CC/C=C/CCCCCC. The number of hydrogen-bond donors (Lipinski definition) is 3. The van der Waals surface area contributed by atoms with Crippen LogP contribution >= 0.6 is 0 Å². The maximum atomic E-state index is 12.4. The van der Waals surface area contributed by atoms with Crippen molar-refractivity contribution in [3.05, 3.63) is 72.9 Å². The van der Waals surface area contributed by atoms with Crippen LogP contribution in [0.5, 0.6) is 0 Å². The summed E-state index contributed by atoms with van der Waals surface area (Å²) in [5.41, 5.74) is 0. The second kappa shape index (κ2) is 27.0. The van der Waals surface area contributed by atoms with Gasteiger partial charge in [-0.25, -0.2) is 0 Å². The van der Waals surface area contributed by atoms with Crippen LogP contribution in [0.1, 0.15) is 110 Å². The van der Waals surface area contributed by atoms with E-state index in [9.17, 15) is 22.9 Å². The zero-order chi connectivity index (χ0) is 29.7. The Labute approximate surface area is 244 Å². The summed E-state index contributed by atoms with van der Waals surface area (Å²) in [6.45, 7) is 4.32. The zero-order valence-corrected chi connectivity index (χ0v) is 25.7. The summed E-state index contributed by atoms with van der Waals surface area (Å²) < 4.78 is 32.1. The Bertz CT molecular complexity index is 900. The van der Waals surface area contributed by atoms with E-state index >= 15 is 0 Å². The monoisotopic (exact) mass is 577 g/mol. The number of nitrogens with one attached hydrogen (secondary N) is 1. The molecular weight excluding hydrogens is 522 g/mol. The number of carbonyl (C=O) groups excluding carboxylic acids is 1. The van der Waals surface area contributed by atoms with E-state index in [2.05, 4.69) is 79.9 Å². The van der Waals surface area contributed by atoms with E-state index in [1.807, 2.05) is 0 Å². The Balaban J connectivity index is 4.25. The fourth-order valence-corrected chi connectivity index (χ4v) is 4.60. The molecule has 0 spiro atoms. The van der Waals surface area contributed by atoms with Crippen LogP contribution in [0.2, 0.25) is 0 Å². The molecular formula is C33H55NO5S. The molecule has 7 heteroatoms. The number of amides is 1. The molecule has 0 aliphatic carbocycles. The highest BCUT2D eigenvalue weighted by Crippen LogP contribution is 2.07. The van der Waals surface area contributed by atoms with Gasteiger partial charge in [0.2, 0.25) is 5.91 Å². The number of aliphatic hydroxyl groups is 1. The molecule has 0 bridgehead atoms. The molecule has 3 N–H and O–H groups in total. The lowest BCUT2D eigenvalue weighted by Gasteiger charge is -2.21. The first-order valence-corrected chi connectivity index (χ1v) is 16.7. The van der Waals surface area contributed by atoms with Gasteiger partial charge < -0.3 is 10.4 Å². The topological polar surface area (TPSA) is 104 Å². The van der Waals surface area contributed by atoms with Crippen molar-refractivity contribution in [2.75, 3.05) is 5.75 Å². The third-order valence-electron chi connectivity index (χ3n) is 6.12. The molecule has 0 saturated carbocycles. The van der Waals surface area contributed by atoms with Gasteiger partial charge in [-0.15, -0.1) is 0 Å². The zero-order valence-electron chi connectivity index (χ0n) is 24.9. The van der Waals surface area contributed by atoms with Gasteiger partial charge in [-0.05, 0) is 70.6 Å². The van der Waals surface area contributed by atoms with Gasteiger partial charge in [0, 0.05) is 6.42 Å². The highest BCUT2D eigenvalue weighted by Gasteiger charge is 2.24. The van der Waals surface area contributed by atoms with Crippen molar-refractivity contribution in [3.63, 3.8) is 0 Å². The Morgan fingerprint density at radius 3 is 1.82 bits per heavy atom. The minimum Gasteiger partial charge on any atom is -0.387 e. The van der Waals surface area contributed by atoms with Gasteiger partial charge in [-0.1, -0.05) is 106 Å². The predicted molar refractivity (Wildman–Crippen MR) is 170 cm³/mol. The smallest absolute Gasteiger partial charge is 0.267 e. The summed E-state index contributed by atoms with van der Waals surface area (Å²) in [4.78, 5) is 12.4. The van der Waals surface area contributed by atoms with Crippen LogP contribution in [0.15, 0.2) is 72.9 Å². The second-order valence-corrected chi connectivity index (χ2v) is 11.5. The first-order valence-electron chi connectivity index (χ1n) is 15.1. The maximum Gasteiger partial charge on any atom is 0.267 e. The van der Waals surface area contributed by atoms with E-state index < -0.39 is 28.0 Å². The molecule has 0 aromatic rings. The van der Waals surface area contributed by atoms with Crippen LogP contribution in [-0.2, 0) is 14.9 Å². The third kappa shape index (κ3) is 27.4. The van der Waals surface area contributed by atoms with Gasteiger partial charge >= 0.3 is 0 Å². The number of allylic oxidation sites excluding steroid dienone is 11. The molecule has 0 aliphatic rings. The summed E-state index contributed by atoms with van der Waals surface area (Å²) >= 11 is 0. The average Bonchev–Trinajstić information content (AvgIpc) is 2.90. The highest BCUT2D eigenvalue weighted by atomic mass is 32.2. The van der Waals surface area contributed by atoms with E-state index in [0.29, 0.717) is 12.8 Å². The van der Waals surface area contributed by atoms with E-state index in [-0.39, 0.29) is 12.3 Å². The van der Waals surface area contributed by atoms with Crippen molar-refractivity contribution >= 4 is 16.0 Å². The molecule has 2 unspecified atom stereocenters. The van der Waals surface area contributed by atoms with Crippen molar-refractivity contribution in [3.8, 4) is 0 Å². The molecule has 0 aromatic heterocycles. The Kier molecular flexibility index (Phi) is 25.5. The predicted octanol–water partition coefficient (Wildman–Crippen LogP) is 7.95. The van der Waals surface area contributed by atoms with E-state index in [4.69, 9.17) is 0 Å². The number of aliphatic hydroxyl groups excluding tert-OH is 1. The number of rotatable bonds is 25. The van der Waals surface area contributed by atoms with E-state index in [0.717, 1.165) is 51.4 Å². The van der Waals surface area contributed by atoms with E-state index in [1.165, 1.54) is 31.8 Å². The number of unbranched alkanes of at least 4 members (excludes halogenated alkanes) is 7. The Morgan fingerprint density at radius 1 is 0.700 bits per heavy atom. The summed E-state index contributed by atoms with van der Waals surface area (Å²) in [5.74, 6) is -1.07. The quantitative estimate of drug-likeness (QED) is 0.0580. The van der Waals surface area contributed by atoms with Crippen LogP contribution in [0.4, 0.5) is 0 Å². The largest absolute Gasteiger partial charge is 0.387 e. The van der Waals surface area contributed by atoms with Crippen molar-refractivity contribution in [1.29, 1.82) is 0 Å². The Hall–Kier alpha value is -2.22. The van der Waals surface area contributed by atoms with Crippen LogP contribution < -0.4 is 5.32 Å². The third-order valence-corrected chi connectivity index (χ3v) is 6.90. The van der Waals surface area contributed by atoms with Crippen LogP contribution in [0.25, 0.3) is 0 Å². The summed E-state index contributed by atoms with van der Waals surface area (Å²) in [7, 11) is -4.36. The molecule has 228 valence electrons. The lowest BCUT2D eigenvalue weighted by Crippen LogP contribution is -2.46. The van der Waals surface area contributed by atoms with Gasteiger partial charge in [0.15, 0.2) is 0 Å². The highest BCUT2D eigenvalue weighted by molar-refractivity contribution is 7.85. The van der Waals surface area contributed by atoms with Crippen molar-refractivity contribution < 1.29 is 22.9 Å². The lowest BCUT2D eigenvalue weighted by atomic mass is 10.1. The first kappa shape index (κ1) is 37.8. The lowest BCUT2D eigenvalue weighted by molar-refractivity contribution is -0.122. The molecule has 0 fully saturated rings. The van der Waals surface area contributed by atoms with Gasteiger partial charge in [0.25, 0.3) is 10.1 Å². The first-order chi connectivity index (χ1) is 19.3. The average molecular weight is 578 g/mol. The molecule has 0 aromatic carbocycles. The molecule has 0 saturated heterocycles. The molecule has 6 nitrogen and oxygen atoms in total. The van der Waals surface area contributed by atoms with Crippen LogP contribution in [0, 0.1) is 0 Å². The summed E-state index contributed by atoms with van der Waals surface area (Å²) in [6.07, 6.45) is 37.5. The van der Waals surface area contributed by atoms with Crippen molar-refractivity contribution in [1.82, 2.24) is 5.32 Å². The molecule has 0 aliphatic heterocycles. The minimum atomic E-state index is -4.36. The molecule has 2 atom stereocenters. The molecule has 0 radical (unpaired) electrons.